The lowest BCUT2D eigenvalue weighted by atomic mass is 10.0. The predicted molar refractivity (Wildman–Crippen MR) is 79.9 cm³/mol. The Morgan fingerprint density at radius 2 is 2.09 bits per heavy atom. The number of para-hydroxylation sites is 1. The minimum Gasteiger partial charge on any atom is -0.309 e. The Bertz CT molecular complexity index is 719. The minimum atomic E-state index is -0.490. The Labute approximate surface area is 126 Å². The van der Waals surface area contributed by atoms with E-state index in [1.165, 1.54) is 11.0 Å². The summed E-state index contributed by atoms with van der Waals surface area (Å²) in [6.07, 6.45) is 2.31. The van der Waals surface area contributed by atoms with Crippen LogP contribution in [-0.4, -0.2) is 23.3 Å². The number of hydrogen-bond acceptors (Lipinski definition) is 3. The molecule has 0 spiro atoms. The van der Waals surface area contributed by atoms with Gasteiger partial charge in [0.15, 0.2) is 0 Å². The van der Waals surface area contributed by atoms with Crippen molar-refractivity contribution in [3.05, 3.63) is 54.0 Å². The molecule has 6 heteroatoms. The summed E-state index contributed by atoms with van der Waals surface area (Å²) in [6.45, 7) is -0.233. The molecular weight excluding hydrogens is 285 g/mol. The van der Waals surface area contributed by atoms with Gasteiger partial charge in [-0.05, 0) is 30.2 Å². The van der Waals surface area contributed by atoms with Crippen LogP contribution in [0.3, 0.4) is 0 Å². The lowest BCUT2D eigenvalue weighted by Crippen LogP contribution is -2.41. The molecule has 2 aromatic rings. The second-order valence-corrected chi connectivity index (χ2v) is 4.99. The number of anilines is 2. The maximum Gasteiger partial charge on any atom is 0.245 e. The molecule has 0 atom stereocenters. The smallest absolute Gasteiger partial charge is 0.245 e. The van der Waals surface area contributed by atoms with Crippen LogP contribution in [0.15, 0.2) is 42.6 Å². The van der Waals surface area contributed by atoms with Gasteiger partial charge in [0.05, 0.1) is 5.69 Å². The van der Waals surface area contributed by atoms with Crippen molar-refractivity contribution in [2.75, 3.05) is 16.8 Å². The third-order valence-corrected chi connectivity index (χ3v) is 3.48. The highest BCUT2D eigenvalue weighted by Crippen LogP contribution is 2.30. The largest absolute Gasteiger partial charge is 0.309 e. The molecule has 1 aliphatic heterocycles. The average molecular weight is 299 g/mol. The average Bonchev–Trinajstić information content (AvgIpc) is 2.51. The van der Waals surface area contributed by atoms with Crippen LogP contribution in [0, 0.1) is 5.82 Å². The van der Waals surface area contributed by atoms with Crippen LogP contribution in [0.25, 0.3) is 0 Å². The number of rotatable bonds is 3. The number of nitrogens with zero attached hydrogens (tertiary/aromatic N) is 2. The lowest BCUT2D eigenvalue weighted by molar-refractivity contribution is -0.121. The molecule has 2 amide bonds. The number of benzene rings is 1. The number of nitrogens with one attached hydrogen (secondary N) is 1. The molecule has 22 heavy (non-hydrogen) atoms. The zero-order chi connectivity index (χ0) is 15.5. The van der Waals surface area contributed by atoms with Crippen LogP contribution in [-0.2, 0) is 16.0 Å². The summed E-state index contributed by atoms with van der Waals surface area (Å²) in [4.78, 5) is 29.3. The zero-order valence-corrected chi connectivity index (χ0v) is 11.8. The van der Waals surface area contributed by atoms with Crippen LogP contribution in [0.1, 0.15) is 12.0 Å². The van der Waals surface area contributed by atoms with Crippen molar-refractivity contribution in [1.82, 2.24) is 4.98 Å². The summed E-state index contributed by atoms with van der Waals surface area (Å²) in [5.74, 6) is -0.765. The van der Waals surface area contributed by atoms with Gasteiger partial charge in [0, 0.05) is 12.6 Å². The van der Waals surface area contributed by atoms with Crippen molar-refractivity contribution in [3.63, 3.8) is 0 Å². The third kappa shape index (κ3) is 2.81. The molecule has 1 aromatic heterocycles. The summed E-state index contributed by atoms with van der Waals surface area (Å²) in [7, 11) is 0. The van der Waals surface area contributed by atoms with Gasteiger partial charge < -0.3 is 5.32 Å². The van der Waals surface area contributed by atoms with E-state index in [-0.39, 0.29) is 24.6 Å². The molecule has 3 rings (SSSR count). The van der Waals surface area contributed by atoms with Gasteiger partial charge in [-0.25, -0.2) is 9.37 Å². The molecule has 0 saturated carbocycles. The van der Waals surface area contributed by atoms with Crippen LogP contribution >= 0.6 is 0 Å². The quantitative estimate of drug-likeness (QED) is 0.944. The monoisotopic (exact) mass is 299 g/mol. The normalized spacial score (nSPS) is 13.7. The van der Waals surface area contributed by atoms with E-state index in [1.807, 2.05) is 0 Å². The first kappa shape index (κ1) is 14.2. The van der Waals surface area contributed by atoms with Gasteiger partial charge in [-0.1, -0.05) is 18.2 Å². The highest BCUT2D eigenvalue weighted by Gasteiger charge is 2.28. The fraction of sp³-hybridized carbons (Fsp3) is 0.188. The minimum absolute atomic E-state index is 0.204. The van der Waals surface area contributed by atoms with E-state index in [1.54, 1.807) is 36.5 Å². The van der Waals surface area contributed by atoms with E-state index in [0.29, 0.717) is 12.2 Å². The Morgan fingerprint density at radius 3 is 2.86 bits per heavy atom. The molecule has 0 unspecified atom stereocenters. The Kier molecular flexibility index (Phi) is 3.82. The molecule has 112 valence electrons. The molecule has 0 saturated heterocycles. The maximum atomic E-state index is 14.0. The summed E-state index contributed by atoms with van der Waals surface area (Å²) in [5.41, 5.74) is 0.945. The van der Waals surface area contributed by atoms with Gasteiger partial charge in [-0.15, -0.1) is 0 Å². The maximum absolute atomic E-state index is 14.0. The summed E-state index contributed by atoms with van der Waals surface area (Å²) >= 11 is 0. The molecule has 5 nitrogen and oxygen atoms in total. The van der Waals surface area contributed by atoms with Gasteiger partial charge in [0.1, 0.15) is 18.2 Å². The summed E-state index contributed by atoms with van der Waals surface area (Å²) in [6, 6.07) is 9.79. The highest BCUT2D eigenvalue weighted by molar-refractivity contribution is 6.04. The fourth-order valence-corrected chi connectivity index (χ4v) is 2.50. The molecule has 0 bridgehead atoms. The molecule has 1 aromatic carbocycles. The second kappa shape index (κ2) is 5.93. The van der Waals surface area contributed by atoms with Crippen molar-refractivity contribution < 1.29 is 14.0 Å². The van der Waals surface area contributed by atoms with Gasteiger partial charge in [0.25, 0.3) is 0 Å². The van der Waals surface area contributed by atoms with E-state index >= 15 is 0 Å². The Hall–Kier alpha value is -2.76. The molecule has 2 heterocycles. The number of carbonyl (C=O) groups excluding carboxylic acids is 2. The van der Waals surface area contributed by atoms with E-state index in [4.69, 9.17) is 0 Å². The standard InChI is InChI=1S/C16H14FN3O2/c17-12-5-3-4-11-7-8-15(22)20(16(11)12)10-14(21)19-13-6-1-2-9-18-13/h1-6,9H,7-8,10H2,(H,18,19,21). The van der Waals surface area contributed by atoms with Crippen molar-refractivity contribution >= 4 is 23.3 Å². The van der Waals surface area contributed by atoms with E-state index < -0.39 is 11.7 Å². The highest BCUT2D eigenvalue weighted by atomic mass is 19.1. The predicted octanol–water partition coefficient (Wildman–Crippen LogP) is 2.14. The van der Waals surface area contributed by atoms with Crippen LogP contribution in [0.5, 0.6) is 0 Å². The van der Waals surface area contributed by atoms with Crippen molar-refractivity contribution in [1.29, 1.82) is 0 Å². The number of aromatic nitrogens is 1. The lowest BCUT2D eigenvalue weighted by Gasteiger charge is -2.29. The number of carbonyl (C=O) groups is 2. The van der Waals surface area contributed by atoms with Gasteiger partial charge >= 0.3 is 0 Å². The van der Waals surface area contributed by atoms with E-state index in [0.717, 1.165) is 5.56 Å². The molecule has 0 radical (unpaired) electrons. The number of pyridine rings is 1. The number of aryl methyl sites for hydroxylation is 1. The van der Waals surface area contributed by atoms with Crippen molar-refractivity contribution in [3.8, 4) is 0 Å². The number of hydrogen-bond donors (Lipinski definition) is 1. The van der Waals surface area contributed by atoms with Crippen molar-refractivity contribution in [2.24, 2.45) is 0 Å². The number of amides is 2. The molecule has 1 aliphatic rings. The Balaban J connectivity index is 1.80. The first-order valence-electron chi connectivity index (χ1n) is 6.94. The first-order chi connectivity index (χ1) is 10.6. The SMILES string of the molecule is O=C(CN1C(=O)CCc2cccc(F)c21)Nc1ccccn1. The van der Waals surface area contributed by atoms with Crippen molar-refractivity contribution in [2.45, 2.75) is 12.8 Å². The van der Waals surface area contributed by atoms with Crippen LogP contribution in [0.2, 0.25) is 0 Å². The number of halogens is 1. The summed E-state index contributed by atoms with van der Waals surface area (Å²) < 4.78 is 14.0. The topological polar surface area (TPSA) is 62.3 Å². The molecular formula is C16H14FN3O2. The Morgan fingerprint density at radius 1 is 1.23 bits per heavy atom. The molecule has 0 fully saturated rings. The first-order valence-corrected chi connectivity index (χ1v) is 6.94. The van der Waals surface area contributed by atoms with Crippen LogP contribution < -0.4 is 10.2 Å². The second-order valence-electron chi connectivity index (χ2n) is 4.99. The van der Waals surface area contributed by atoms with Gasteiger partial charge in [-0.3, -0.25) is 14.5 Å². The third-order valence-electron chi connectivity index (χ3n) is 3.48. The fourth-order valence-electron chi connectivity index (χ4n) is 2.50. The zero-order valence-electron chi connectivity index (χ0n) is 11.8. The van der Waals surface area contributed by atoms with E-state index in [2.05, 4.69) is 10.3 Å². The molecule has 0 aliphatic carbocycles. The summed E-state index contributed by atoms with van der Waals surface area (Å²) in [5, 5.41) is 2.59. The van der Waals surface area contributed by atoms with Gasteiger partial charge in [0.2, 0.25) is 11.8 Å². The number of fused-ring (bicyclic) bond motifs is 1. The van der Waals surface area contributed by atoms with Crippen LogP contribution in [0.4, 0.5) is 15.9 Å². The van der Waals surface area contributed by atoms with E-state index in [9.17, 15) is 14.0 Å². The molecule has 1 N–H and O–H groups in total. The van der Waals surface area contributed by atoms with Gasteiger partial charge in [-0.2, -0.15) is 0 Å².